The van der Waals surface area contributed by atoms with Crippen LogP contribution in [-0.4, -0.2) is 334 Å². The Morgan fingerprint density at radius 2 is 1.01 bits per heavy atom. The number of benzene rings is 2. The minimum atomic E-state index is -0.700. The Balaban J connectivity index is 0.603. The van der Waals surface area contributed by atoms with Crippen molar-refractivity contribution in [3.8, 4) is 11.5 Å². The molecule has 4 aliphatic rings. The molecule has 34 nitrogen and oxygen atoms in total. The maximum atomic E-state index is 13.5. The van der Waals surface area contributed by atoms with E-state index < -0.39 is 29.0 Å². The molecular weight excluding hydrogens is 1610 g/mol. The van der Waals surface area contributed by atoms with Gasteiger partial charge in [0, 0.05) is 120 Å². The third kappa shape index (κ3) is 47.2. The number of unbranched alkanes of at least 4 members (excludes halogenated alkanes) is 9. The highest BCUT2D eigenvalue weighted by molar-refractivity contribution is 8.00. The van der Waals surface area contributed by atoms with Crippen molar-refractivity contribution >= 4 is 88.1 Å². The monoisotopic (exact) mass is 1750 g/mol. The van der Waals surface area contributed by atoms with Crippen molar-refractivity contribution in [2.45, 2.75) is 147 Å². The van der Waals surface area contributed by atoms with Crippen LogP contribution >= 0.6 is 23.4 Å². The molecule has 684 valence electrons. The van der Waals surface area contributed by atoms with Gasteiger partial charge in [0.15, 0.2) is 5.75 Å². The lowest BCUT2D eigenvalue weighted by Gasteiger charge is -2.34. The highest BCUT2D eigenvalue weighted by atomic mass is 35.5. The second-order valence-corrected chi connectivity index (χ2v) is 31.5. The van der Waals surface area contributed by atoms with Crippen LogP contribution < -0.4 is 47.7 Å². The maximum absolute atomic E-state index is 13.5. The Hall–Kier alpha value is -6.78. The molecule has 3 aliphatic heterocycles. The van der Waals surface area contributed by atoms with Gasteiger partial charge < -0.3 is 105 Å². The smallest absolute Gasteiger partial charge is 0.242 e. The van der Waals surface area contributed by atoms with Crippen molar-refractivity contribution in [2.24, 2.45) is 22.6 Å². The molecule has 4 atom stereocenters. The van der Waals surface area contributed by atoms with Gasteiger partial charge in [0.1, 0.15) is 17.6 Å². The summed E-state index contributed by atoms with van der Waals surface area (Å²) in [6.45, 7) is 17.7. The number of carbonyl (C=O) groups is 9. The van der Waals surface area contributed by atoms with Crippen molar-refractivity contribution < 1.29 is 105 Å². The zero-order chi connectivity index (χ0) is 86.2. The lowest BCUT2D eigenvalue weighted by Crippen LogP contribution is -2.51. The largest absolute Gasteiger partial charge is 0.454 e. The van der Waals surface area contributed by atoms with E-state index in [0.717, 1.165) is 55.8 Å². The number of halogens is 1. The Kier molecular flexibility index (Phi) is 56.8. The number of hydrogen-bond donors (Lipinski definition) is 8. The summed E-state index contributed by atoms with van der Waals surface area (Å²) in [5.41, 5.74) is 7.01. The molecular formula is C85H139ClN12O22S. The lowest BCUT2D eigenvalue weighted by molar-refractivity contribution is -0.139. The number of hydrogen-bond acceptors (Lipinski definition) is 26. The van der Waals surface area contributed by atoms with Gasteiger partial charge in [0.05, 0.1) is 188 Å². The van der Waals surface area contributed by atoms with Crippen molar-refractivity contribution in [2.75, 3.05) is 255 Å². The molecule has 0 radical (unpaired) electrons. The molecule has 1 aliphatic carbocycles. The molecule has 2 saturated heterocycles. The molecule has 0 spiro atoms. The first-order valence-electron chi connectivity index (χ1n) is 43.8. The highest BCUT2D eigenvalue weighted by Crippen LogP contribution is 2.37. The number of rotatable bonds is 73. The van der Waals surface area contributed by atoms with Crippen molar-refractivity contribution in [3.63, 3.8) is 0 Å². The van der Waals surface area contributed by atoms with E-state index in [1.165, 1.54) is 50.3 Å². The molecule has 0 aromatic heterocycles. The number of piperazine rings is 1. The minimum absolute atomic E-state index is 0.0146. The number of anilines is 1. The number of amidine groups is 1. The van der Waals surface area contributed by atoms with Gasteiger partial charge in [-0.15, -0.1) is 11.8 Å². The number of para-hydroxylation sites is 2. The number of fused-ring (bicyclic) bond motifs is 2. The molecule has 121 heavy (non-hydrogen) atoms. The summed E-state index contributed by atoms with van der Waals surface area (Å²) >= 11 is 7.67. The van der Waals surface area contributed by atoms with E-state index >= 15 is 0 Å². The van der Waals surface area contributed by atoms with Crippen molar-refractivity contribution in [1.29, 1.82) is 0 Å². The summed E-state index contributed by atoms with van der Waals surface area (Å²) in [5, 5.41) is 20.8. The first kappa shape index (κ1) is 103. The van der Waals surface area contributed by atoms with Crippen LogP contribution in [0, 0.1) is 11.8 Å². The maximum Gasteiger partial charge on any atom is 0.242 e. The normalized spacial score (nSPS) is 16.7. The average molecular weight is 1750 g/mol. The van der Waals surface area contributed by atoms with Crippen LogP contribution in [0.15, 0.2) is 47.5 Å². The number of nitrogens with one attached hydrogen (secondary N) is 7. The van der Waals surface area contributed by atoms with E-state index in [1.807, 2.05) is 24.3 Å². The SMILES string of the molecule is CCCCCCCCCCCC(=O)NC(CCCCNC(=O)CCOCCOCCOCCOCCOCCOCCOCCOCCOCCOCCOCCOCCNC(=O)CCN1C(=O)CC(SCCNC(=O)CN2CCN(CCNC(=O)[C@@H]3CCCC[C@@H]3C(=O)NCCN=C3Nc4ccccc4Oc4ccc(Cl)cc43)CC2)C1=O)C(N)=O. The fraction of sp³-hybridized carbons (Fsp3) is 0.741. The van der Waals surface area contributed by atoms with Gasteiger partial charge in [-0.1, -0.05) is 94.9 Å². The number of aliphatic imine (C=N–C) groups is 1. The van der Waals surface area contributed by atoms with Gasteiger partial charge in [0.2, 0.25) is 53.2 Å². The standard InChI is InChI=1S/C85H139ClN12O22S/c1-2-3-4-5-6-7-8-9-10-22-78(101)94-72(81(87)104)20-15-16-27-88-77(100)26-39-108-41-43-110-45-47-112-49-51-114-53-55-116-57-59-118-61-62-119-60-58-117-56-54-115-52-50-113-48-46-111-44-42-109-40-31-89-76(99)25-33-98-80(103)65-75(85(98)107)121-63-32-90-79(102)66-97-37-35-96(36-38-97)34-30-93-84(106)69-18-12-11-17-68(69)83(105)92-29-28-91-82-70-64-67(86)23-24-73(70)120-74-21-14-13-19-71(74)95-82/h13-14,19,21,23-24,64,68-69,72,75H,2-12,15-18,20,22,25-63,65-66H2,1H3,(H2,87,104)(H,88,100)(H,89,99)(H,90,102)(H,91,95)(H,92,105)(H,93,106)(H,94,101)/t68-,69+,72?,75?/m0/s1. The molecule has 9 amide bonds. The van der Waals surface area contributed by atoms with E-state index in [4.69, 9.17) is 83.9 Å². The van der Waals surface area contributed by atoms with Crippen LogP contribution in [0.2, 0.25) is 5.02 Å². The number of nitrogens with two attached hydrogens (primary N) is 1. The number of carbonyl (C=O) groups excluding carboxylic acids is 9. The summed E-state index contributed by atoms with van der Waals surface area (Å²) in [6, 6.07) is 12.2. The van der Waals surface area contributed by atoms with Gasteiger partial charge in [-0.3, -0.25) is 62.8 Å². The van der Waals surface area contributed by atoms with Crippen molar-refractivity contribution in [1.82, 2.24) is 46.6 Å². The number of nitrogens with zero attached hydrogens (tertiary/aromatic N) is 4. The van der Waals surface area contributed by atoms with Gasteiger partial charge in [0.25, 0.3) is 0 Å². The van der Waals surface area contributed by atoms with Gasteiger partial charge >= 0.3 is 0 Å². The fourth-order valence-electron chi connectivity index (χ4n) is 13.6. The fourth-order valence-corrected chi connectivity index (χ4v) is 14.8. The molecule has 2 aromatic carbocycles. The average Bonchev–Trinajstić information content (AvgIpc) is 1.69. The zero-order valence-electron chi connectivity index (χ0n) is 71.5. The lowest BCUT2D eigenvalue weighted by atomic mass is 9.78. The van der Waals surface area contributed by atoms with Crippen LogP contribution in [0.1, 0.15) is 141 Å². The van der Waals surface area contributed by atoms with Gasteiger partial charge in [-0.05, 0) is 68.9 Å². The van der Waals surface area contributed by atoms with E-state index in [0.29, 0.717) is 270 Å². The van der Waals surface area contributed by atoms with Gasteiger partial charge in [-0.2, -0.15) is 0 Å². The van der Waals surface area contributed by atoms with Crippen molar-refractivity contribution in [3.05, 3.63) is 53.1 Å². The van der Waals surface area contributed by atoms with Gasteiger partial charge in [-0.25, -0.2) is 0 Å². The summed E-state index contributed by atoms with van der Waals surface area (Å²) < 4.78 is 72.6. The molecule has 9 N–H and O–H groups in total. The second kappa shape index (κ2) is 66.7. The van der Waals surface area contributed by atoms with Crippen LogP contribution in [-0.2, 0) is 100.0 Å². The number of ether oxygens (including phenoxy) is 13. The highest BCUT2D eigenvalue weighted by Gasteiger charge is 2.39. The quantitative estimate of drug-likeness (QED) is 0.0311. The second-order valence-electron chi connectivity index (χ2n) is 29.7. The number of thioether (sulfide) groups is 1. The van der Waals surface area contributed by atoms with Crippen LogP contribution in [0.25, 0.3) is 0 Å². The van der Waals surface area contributed by atoms with Crippen LogP contribution in [0.5, 0.6) is 11.5 Å². The first-order valence-corrected chi connectivity index (χ1v) is 45.3. The van der Waals surface area contributed by atoms with E-state index in [9.17, 15) is 43.2 Å². The molecule has 2 unspecified atom stereocenters. The molecule has 36 heteroatoms. The van der Waals surface area contributed by atoms with Crippen LogP contribution in [0.3, 0.4) is 0 Å². The van der Waals surface area contributed by atoms with E-state index in [1.54, 1.807) is 18.2 Å². The summed E-state index contributed by atoms with van der Waals surface area (Å²) in [6.07, 6.45) is 16.0. The Morgan fingerprint density at radius 3 is 1.57 bits per heavy atom. The summed E-state index contributed by atoms with van der Waals surface area (Å²) in [7, 11) is 0. The van der Waals surface area contributed by atoms with E-state index in [2.05, 4.69) is 53.9 Å². The Morgan fingerprint density at radius 1 is 0.512 bits per heavy atom. The molecule has 3 fully saturated rings. The molecule has 1 saturated carbocycles. The number of imide groups is 1. The molecule has 3 heterocycles. The third-order valence-electron chi connectivity index (χ3n) is 20.3. The predicted molar refractivity (Wildman–Crippen MR) is 460 cm³/mol. The number of amides is 9. The number of primary amides is 1. The predicted octanol–water partition coefficient (Wildman–Crippen LogP) is 5.21. The molecule has 0 bridgehead atoms. The Labute approximate surface area is 724 Å². The minimum Gasteiger partial charge on any atom is -0.454 e. The van der Waals surface area contributed by atoms with Crippen LogP contribution in [0.4, 0.5) is 5.69 Å². The molecule has 2 aromatic rings. The molecule has 6 rings (SSSR count). The first-order chi connectivity index (χ1) is 59.2. The summed E-state index contributed by atoms with van der Waals surface area (Å²) in [5.74, 6) is -0.652. The number of likely N-dealkylation sites (tertiary alicyclic amines) is 1. The third-order valence-corrected chi connectivity index (χ3v) is 21.8. The zero-order valence-corrected chi connectivity index (χ0v) is 73.1. The summed E-state index contributed by atoms with van der Waals surface area (Å²) in [4.78, 5) is 125. The topological polar surface area (TPSA) is 406 Å². The van der Waals surface area contributed by atoms with E-state index in [-0.39, 0.29) is 99.4 Å². The Bertz CT molecular complexity index is 3280.